The van der Waals surface area contributed by atoms with Crippen LogP contribution in [0.4, 0.5) is 5.69 Å². The van der Waals surface area contributed by atoms with Crippen molar-refractivity contribution in [3.05, 3.63) is 28.2 Å². The van der Waals surface area contributed by atoms with E-state index in [1.807, 2.05) is 0 Å². The Morgan fingerprint density at radius 1 is 1.07 bits per heavy atom. The van der Waals surface area contributed by atoms with Gasteiger partial charge in [0.15, 0.2) is 0 Å². The van der Waals surface area contributed by atoms with Crippen LogP contribution < -0.4 is 10.6 Å². The van der Waals surface area contributed by atoms with E-state index in [-0.39, 0.29) is 0 Å². The number of nitrogens with one attached hydrogen (secondary N) is 2. The van der Waals surface area contributed by atoms with Gasteiger partial charge in [0, 0.05) is 22.8 Å². The maximum atomic E-state index is 11.2. The predicted octanol–water partition coefficient (Wildman–Crippen LogP) is 1.68. The molecular formula is C9H8Cl2N2O2. The zero-order chi connectivity index (χ0) is 11.4. The number of amides is 2. The van der Waals surface area contributed by atoms with Crippen LogP contribution in [0, 0.1) is 0 Å². The van der Waals surface area contributed by atoms with Crippen LogP contribution in [0.15, 0.2) is 18.2 Å². The standard InChI is InChI=1S/C9H8Cl2N2O2/c1-12-8(14)9(15)13-7-3-5(10)2-6(11)4-7/h2-4H,1H3,(H,12,14)(H,13,15). The number of halogens is 2. The Balaban J connectivity index is 2.81. The summed E-state index contributed by atoms with van der Waals surface area (Å²) in [5.74, 6) is -1.50. The van der Waals surface area contributed by atoms with Crippen molar-refractivity contribution in [1.82, 2.24) is 5.32 Å². The molecule has 6 heteroatoms. The third-order valence-corrected chi connectivity index (χ3v) is 1.99. The molecule has 0 saturated heterocycles. The number of benzene rings is 1. The number of rotatable bonds is 1. The SMILES string of the molecule is CNC(=O)C(=O)Nc1cc(Cl)cc(Cl)c1. The van der Waals surface area contributed by atoms with Crippen LogP contribution in [0.25, 0.3) is 0 Å². The van der Waals surface area contributed by atoms with Crippen molar-refractivity contribution in [3.63, 3.8) is 0 Å². The summed E-state index contributed by atoms with van der Waals surface area (Å²) in [7, 11) is 1.37. The number of hydrogen-bond donors (Lipinski definition) is 2. The lowest BCUT2D eigenvalue weighted by molar-refractivity contribution is -0.135. The second kappa shape index (κ2) is 5.00. The molecule has 0 bridgehead atoms. The van der Waals surface area contributed by atoms with E-state index < -0.39 is 11.8 Å². The second-order valence-electron chi connectivity index (χ2n) is 2.69. The van der Waals surface area contributed by atoms with Gasteiger partial charge in [0.1, 0.15) is 0 Å². The lowest BCUT2D eigenvalue weighted by Gasteiger charge is -2.04. The molecule has 0 saturated carbocycles. The molecule has 2 amide bonds. The van der Waals surface area contributed by atoms with E-state index in [1.165, 1.54) is 25.2 Å². The van der Waals surface area contributed by atoms with Crippen LogP contribution in [-0.2, 0) is 9.59 Å². The van der Waals surface area contributed by atoms with Gasteiger partial charge in [-0.2, -0.15) is 0 Å². The van der Waals surface area contributed by atoms with Crippen LogP contribution >= 0.6 is 23.2 Å². The van der Waals surface area contributed by atoms with Crippen molar-refractivity contribution in [2.75, 3.05) is 12.4 Å². The van der Waals surface area contributed by atoms with Crippen LogP contribution in [0.5, 0.6) is 0 Å². The number of carbonyl (C=O) groups is 2. The normalized spacial score (nSPS) is 9.53. The third-order valence-electron chi connectivity index (χ3n) is 1.55. The van der Waals surface area contributed by atoms with Gasteiger partial charge >= 0.3 is 11.8 Å². The Hall–Kier alpha value is -1.26. The first-order valence-electron chi connectivity index (χ1n) is 4.02. The number of anilines is 1. The fourth-order valence-electron chi connectivity index (χ4n) is 0.927. The zero-order valence-corrected chi connectivity index (χ0v) is 9.32. The summed E-state index contributed by atoms with van der Waals surface area (Å²) >= 11 is 11.4. The Bertz CT molecular complexity index is 387. The second-order valence-corrected chi connectivity index (χ2v) is 3.56. The first-order chi connectivity index (χ1) is 7.02. The first kappa shape index (κ1) is 11.8. The summed E-state index contributed by atoms with van der Waals surface area (Å²) in [6.07, 6.45) is 0. The molecule has 0 atom stereocenters. The molecule has 1 aromatic rings. The highest BCUT2D eigenvalue weighted by molar-refractivity contribution is 6.40. The lowest BCUT2D eigenvalue weighted by Crippen LogP contribution is -2.32. The highest BCUT2D eigenvalue weighted by atomic mass is 35.5. The van der Waals surface area contributed by atoms with Gasteiger partial charge in [-0.05, 0) is 18.2 Å². The molecule has 1 rings (SSSR count). The van der Waals surface area contributed by atoms with Gasteiger partial charge in [-0.25, -0.2) is 0 Å². The Kier molecular flexibility index (Phi) is 3.94. The Morgan fingerprint density at radius 3 is 2.07 bits per heavy atom. The summed E-state index contributed by atoms with van der Waals surface area (Å²) in [4.78, 5) is 22.1. The Morgan fingerprint density at radius 2 is 1.60 bits per heavy atom. The van der Waals surface area contributed by atoms with Gasteiger partial charge in [0.2, 0.25) is 0 Å². The topological polar surface area (TPSA) is 58.2 Å². The van der Waals surface area contributed by atoms with Crippen LogP contribution in [0.2, 0.25) is 10.0 Å². The fraction of sp³-hybridized carbons (Fsp3) is 0.111. The van der Waals surface area contributed by atoms with Gasteiger partial charge in [0.25, 0.3) is 0 Å². The van der Waals surface area contributed by atoms with E-state index >= 15 is 0 Å². The molecule has 0 heterocycles. The van der Waals surface area contributed by atoms with Crippen molar-refractivity contribution in [2.45, 2.75) is 0 Å². The van der Waals surface area contributed by atoms with E-state index in [0.29, 0.717) is 15.7 Å². The molecule has 0 unspecified atom stereocenters. The molecule has 0 aromatic heterocycles. The van der Waals surface area contributed by atoms with E-state index in [1.54, 1.807) is 0 Å². The van der Waals surface area contributed by atoms with Crippen molar-refractivity contribution in [3.8, 4) is 0 Å². The summed E-state index contributed by atoms with van der Waals surface area (Å²) in [6.45, 7) is 0. The molecule has 0 fully saturated rings. The molecule has 0 aliphatic carbocycles. The van der Waals surface area contributed by atoms with Crippen molar-refractivity contribution >= 4 is 40.7 Å². The minimum Gasteiger partial charge on any atom is -0.351 e. The van der Waals surface area contributed by atoms with E-state index in [9.17, 15) is 9.59 Å². The van der Waals surface area contributed by atoms with Crippen LogP contribution in [0.1, 0.15) is 0 Å². The van der Waals surface area contributed by atoms with Gasteiger partial charge in [0.05, 0.1) is 0 Å². The van der Waals surface area contributed by atoms with Crippen LogP contribution in [0.3, 0.4) is 0 Å². The van der Waals surface area contributed by atoms with E-state index in [0.717, 1.165) is 0 Å². The molecule has 4 nitrogen and oxygen atoms in total. The molecule has 0 radical (unpaired) electrons. The Labute approximate surface area is 96.6 Å². The van der Waals surface area contributed by atoms with E-state index in [4.69, 9.17) is 23.2 Å². The molecule has 0 spiro atoms. The van der Waals surface area contributed by atoms with Crippen LogP contribution in [-0.4, -0.2) is 18.9 Å². The van der Waals surface area contributed by atoms with Gasteiger partial charge in [-0.1, -0.05) is 23.2 Å². The number of carbonyl (C=O) groups excluding carboxylic acids is 2. The molecule has 2 N–H and O–H groups in total. The number of hydrogen-bond acceptors (Lipinski definition) is 2. The number of likely N-dealkylation sites (N-methyl/N-ethyl adjacent to an activating group) is 1. The van der Waals surface area contributed by atoms with Crippen molar-refractivity contribution < 1.29 is 9.59 Å². The summed E-state index contributed by atoms with van der Waals surface area (Å²) in [5.41, 5.74) is 0.376. The fourth-order valence-corrected chi connectivity index (χ4v) is 1.45. The molecule has 15 heavy (non-hydrogen) atoms. The van der Waals surface area contributed by atoms with Gasteiger partial charge < -0.3 is 10.6 Å². The summed E-state index contributed by atoms with van der Waals surface area (Å²) < 4.78 is 0. The largest absolute Gasteiger partial charge is 0.351 e. The minimum absolute atomic E-state index is 0.376. The molecule has 80 valence electrons. The highest BCUT2D eigenvalue weighted by Crippen LogP contribution is 2.22. The maximum Gasteiger partial charge on any atom is 0.313 e. The highest BCUT2D eigenvalue weighted by Gasteiger charge is 2.11. The quantitative estimate of drug-likeness (QED) is 0.741. The summed E-state index contributed by atoms with van der Waals surface area (Å²) in [5, 5.41) is 5.32. The molecule has 1 aromatic carbocycles. The lowest BCUT2D eigenvalue weighted by atomic mass is 10.3. The third kappa shape index (κ3) is 3.42. The predicted molar refractivity (Wildman–Crippen MR) is 59.2 cm³/mol. The molecule has 0 aliphatic heterocycles. The first-order valence-corrected chi connectivity index (χ1v) is 4.77. The average Bonchev–Trinajstić information content (AvgIpc) is 2.14. The zero-order valence-electron chi connectivity index (χ0n) is 7.80. The molecule has 0 aliphatic rings. The monoisotopic (exact) mass is 246 g/mol. The van der Waals surface area contributed by atoms with Gasteiger partial charge in [-0.15, -0.1) is 0 Å². The van der Waals surface area contributed by atoms with Crippen molar-refractivity contribution in [2.24, 2.45) is 0 Å². The maximum absolute atomic E-state index is 11.2. The van der Waals surface area contributed by atoms with Crippen molar-refractivity contribution in [1.29, 1.82) is 0 Å². The van der Waals surface area contributed by atoms with E-state index in [2.05, 4.69) is 10.6 Å². The average molecular weight is 247 g/mol. The smallest absolute Gasteiger partial charge is 0.313 e. The molecular weight excluding hydrogens is 239 g/mol. The minimum atomic E-state index is -0.768. The van der Waals surface area contributed by atoms with Gasteiger partial charge in [-0.3, -0.25) is 9.59 Å². The summed E-state index contributed by atoms with van der Waals surface area (Å²) in [6, 6.07) is 4.52.